The Morgan fingerprint density at radius 2 is 2.03 bits per heavy atom. The van der Waals surface area contributed by atoms with Crippen LogP contribution in [0.3, 0.4) is 0 Å². The van der Waals surface area contributed by atoms with Gasteiger partial charge in [-0.2, -0.15) is 0 Å². The molecule has 0 aliphatic carbocycles. The summed E-state index contributed by atoms with van der Waals surface area (Å²) >= 11 is 5.91. The highest BCUT2D eigenvalue weighted by Gasteiger charge is 2.39. The highest BCUT2D eigenvalue weighted by molar-refractivity contribution is 6.31. The lowest BCUT2D eigenvalue weighted by atomic mass is 10.2. The highest BCUT2D eigenvalue weighted by Crippen LogP contribution is 2.37. The van der Waals surface area contributed by atoms with E-state index < -0.39 is 29.7 Å². The van der Waals surface area contributed by atoms with Crippen LogP contribution in [0.25, 0.3) is 10.9 Å². The van der Waals surface area contributed by atoms with Gasteiger partial charge in [-0.3, -0.25) is 4.90 Å². The van der Waals surface area contributed by atoms with E-state index in [-0.39, 0.29) is 23.7 Å². The van der Waals surface area contributed by atoms with Gasteiger partial charge in [-0.1, -0.05) is 17.7 Å². The number of ether oxygens (including phenoxy) is 3. The third-order valence-corrected chi connectivity index (χ3v) is 5.80. The summed E-state index contributed by atoms with van der Waals surface area (Å²) in [7, 11) is 1.49. The van der Waals surface area contributed by atoms with E-state index >= 15 is 0 Å². The average molecular weight is 517 g/mol. The summed E-state index contributed by atoms with van der Waals surface area (Å²) < 4.78 is 31.6. The molecule has 1 aliphatic heterocycles. The lowest BCUT2D eigenvalue weighted by Crippen LogP contribution is -2.41. The SMILES string of the molecule is COc1cc2ncnc(Nc3cccc(Cl)c3F)c2cc1OC1C[C@@H](C=O)N(C(=O)OC(C)(C)C)C1. The Balaban J connectivity index is 1.63. The van der Waals surface area contributed by atoms with Gasteiger partial charge >= 0.3 is 6.09 Å². The van der Waals surface area contributed by atoms with E-state index in [1.54, 1.807) is 45.0 Å². The fraction of sp³-hybridized carbons (Fsp3) is 0.360. The van der Waals surface area contributed by atoms with Crippen molar-refractivity contribution in [1.82, 2.24) is 14.9 Å². The average Bonchev–Trinajstić information content (AvgIpc) is 3.24. The van der Waals surface area contributed by atoms with Gasteiger partial charge in [0.05, 0.1) is 35.9 Å². The predicted octanol–water partition coefficient (Wildman–Crippen LogP) is 5.13. The van der Waals surface area contributed by atoms with E-state index in [4.69, 9.17) is 25.8 Å². The van der Waals surface area contributed by atoms with Gasteiger partial charge in [0.25, 0.3) is 0 Å². The number of halogens is 2. The molecule has 11 heteroatoms. The maximum Gasteiger partial charge on any atom is 0.411 e. The van der Waals surface area contributed by atoms with Crippen molar-refractivity contribution < 1.29 is 28.2 Å². The first-order valence-corrected chi connectivity index (χ1v) is 11.6. The van der Waals surface area contributed by atoms with Crippen molar-refractivity contribution in [3.05, 3.63) is 47.5 Å². The summed E-state index contributed by atoms with van der Waals surface area (Å²) in [6.45, 7) is 5.43. The smallest absolute Gasteiger partial charge is 0.411 e. The van der Waals surface area contributed by atoms with Gasteiger partial charge in [0.15, 0.2) is 17.3 Å². The summed E-state index contributed by atoms with van der Waals surface area (Å²) in [5.74, 6) is 0.486. The number of carbonyl (C=O) groups excluding carboxylic acids is 2. The van der Waals surface area contributed by atoms with Crippen LogP contribution in [0.1, 0.15) is 27.2 Å². The molecule has 1 unspecified atom stereocenters. The number of carbonyl (C=O) groups is 2. The number of hydrogen-bond donors (Lipinski definition) is 1. The normalized spacial score (nSPS) is 17.7. The number of nitrogens with one attached hydrogen (secondary N) is 1. The largest absolute Gasteiger partial charge is 0.493 e. The zero-order chi connectivity index (χ0) is 26.0. The Labute approximate surface area is 212 Å². The number of likely N-dealkylation sites (tertiary alicyclic amines) is 1. The monoisotopic (exact) mass is 516 g/mol. The van der Waals surface area contributed by atoms with E-state index in [1.807, 2.05) is 0 Å². The summed E-state index contributed by atoms with van der Waals surface area (Å²) in [6, 6.07) is 7.27. The zero-order valence-electron chi connectivity index (χ0n) is 20.2. The molecular weight excluding hydrogens is 491 g/mol. The van der Waals surface area contributed by atoms with Crippen LogP contribution in [0, 0.1) is 5.82 Å². The standard InChI is InChI=1S/C25H26ClFN4O5/c1-25(2,3)36-24(33)31-11-15(8-14(31)12-32)35-21-9-16-19(10-20(21)34-4)28-13-29-23(16)30-18-7-5-6-17(26)22(18)27/h5-7,9-10,12-15H,8,11H2,1-4H3,(H,28,29,30)/t14-,15?/m0/s1. The van der Waals surface area contributed by atoms with E-state index in [0.717, 1.165) is 0 Å². The molecule has 1 aliphatic rings. The molecule has 2 heterocycles. The Hall–Kier alpha value is -3.66. The molecule has 0 saturated carbocycles. The van der Waals surface area contributed by atoms with Gasteiger partial charge in [0.2, 0.25) is 0 Å². The van der Waals surface area contributed by atoms with Crippen molar-refractivity contribution in [2.45, 2.75) is 44.9 Å². The summed E-state index contributed by atoms with van der Waals surface area (Å²) in [5.41, 5.74) is -0.0122. The van der Waals surface area contributed by atoms with E-state index in [1.165, 1.54) is 24.4 Å². The maximum absolute atomic E-state index is 14.5. The van der Waals surface area contributed by atoms with Crippen LogP contribution in [-0.2, 0) is 9.53 Å². The summed E-state index contributed by atoms with van der Waals surface area (Å²) in [5, 5.41) is 3.47. The second-order valence-electron chi connectivity index (χ2n) is 9.28. The molecule has 0 radical (unpaired) electrons. The van der Waals surface area contributed by atoms with Crippen LogP contribution >= 0.6 is 11.6 Å². The van der Waals surface area contributed by atoms with Crippen molar-refractivity contribution in [1.29, 1.82) is 0 Å². The molecule has 2 atom stereocenters. The minimum atomic E-state index is -0.698. The number of hydrogen-bond acceptors (Lipinski definition) is 8. The van der Waals surface area contributed by atoms with Gasteiger partial charge in [-0.15, -0.1) is 0 Å². The fourth-order valence-corrected chi connectivity index (χ4v) is 4.07. The van der Waals surface area contributed by atoms with Gasteiger partial charge in [-0.05, 0) is 39.0 Å². The summed E-state index contributed by atoms with van der Waals surface area (Å²) in [6.07, 6.45) is 1.26. The predicted molar refractivity (Wildman–Crippen MR) is 133 cm³/mol. The number of nitrogens with zero attached hydrogens (tertiary/aromatic N) is 3. The van der Waals surface area contributed by atoms with Crippen LogP contribution in [-0.4, -0.2) is 58.6 Å². The van der Waals surface area contributed by atoms with E-state index in [9.17, 15) is 14.0 Å². The molecule has 1 fully saturated rings. The van der Waals surface area contributed by atoms with Crippen LogP contribution in [0.15, 0.2) is 36.7 Å². The van der Waals surface area contributed by atoms with Crippen molar-refractivity contribution in [2.24, 2.45) is 0 Å². The molecule has 1 N–H and O–H groups in total. The lowest BCUT2D eigenvalue weighted by Gasteiger charge is -2.26. The van der Waals surface area contributed by atoms with Crippen molar-refractivity contribution in [2.75, 3.05) is 19.0 Å². The number of anilines is 2. The third-order valence-electron chi connectivity index (χ3n) is 5.51. The topological polar surface area (TPSA) is 103 Å². The van der Waals surface area contributed by atoms with Crippen LogP contribution in [0.2, 0.25) is 5.02 Å². The van der Waals surface area contributed by atoms with Crippen molar-refractivity contribution in [3.8, 4) is 11.5 Å². The first-order chi connectivity index (χ1) is 17.1. The van der Waals surface area contributed by atoms with E-state index in [0.29, 0.717) is 34.5 Å². The van der Waals surface area contributed by atoms with Crippen molar-refractivity contribution in [3.63, 3.8) is 0 Å². The molecule has 1 saturated heterocycles. The molecule has 4 rings (SSSR count). The van der Waals surface area contributed by atoms with Gasteiger partial charge < -0.3 is 24.3 Å². The number of methoxy groups -OCH3 is 1. The molecule has 9 nitrogen and oxygen atoms in total. The third kappa shape index (κ3) is 5.43. The lowest BCUT2D eigenvalue weighted by molar-refractivity contribution is -0.111. The molecule has 1 amide bonds. The van der Waals surface area contributed by atoms with Gasteiger partial charge in [0, 0.05) is 17.9 Å². The molecule has 3 aromatic rings. The number of aldehydes is 1. The second kappa shape index (κ2) is 10.1. The minimum Gasteiger partial charge on any atom is -0.493 e. The minimum absolute atomic E-state index is 0.0236. The number of rotatable bonds is 6. The van der Waals surface area contributed by atoms with Crippen molar-refractivity contribution >= 4 is 46.4 Å². The maximum atomic E-state index is 14.5. The number of aromatic nitrogens is 2. The Morgan fingerprint density at radius 3 is 2.72 bits per heavy atom. The first kappa shape index (κ1) is 25.4. The molecule has 0 bridgehead atoms. The molecule has 0 spiro atoms. The highest BCUT2D eigenvalue weighted by atomic mass is 35.5. The second-order valence-corrected chi connectivity index (χ2v) is 9.69. The van der Waals surface area contributed by atoms with Crippen LogP contribution in [0.5, 0.6) is 11.5 Å². The molecule has 190 valence electrons. The molecule has 1 aromatic heterocycles. The number of benzene rings is 2. The zero-order valence-corrected chi connectivity index (χ0v) is 21.0. The summed E-state index contributed by atoms with van der Waals surface area (Å²) in [4.78, 5) is 34.1. The molecule has 2 aromatic carbocycles. The molecule has 36 heavy (non-hydrogen) atoms. The first-order valence-electron chi connectivity index (χ1n) is 11.2. The van der Waals surface area contributed by atoms with Crippen LogP contribution < -0.4 is 14.8 Å². The van der Waals surface area contributed by atoms with Crippen LogP contribution in [0.4, 0.5) is 20.7 Å². The Kier molecular flexibility index (Phi) is 7.16. The Morgan fingerprint density at radius 1 is 1.25 bits per heavy atom. The fourth-order valence-electron chi connectivity index (χ4n) is 3.89. The van der Waals surface area contributed by atoms with Gasteiger partial charge in [-0.25, -0.2) is 19.2 Å². The van der Waals surface area contributed by atoms with E-state index in [2.05, 4.69) is 15.3 Å². The Bertz CT molecular complexity index is 1300. The quantitative estimate of drug-likeness (QED) is 0.450. The molecular formula is C25H26ClFN4O5. The number of fused-ring (bicyclic) bond motifs is 1. The number of amides is 1. The van der Waals surface area contributed by atoms with Gasteiger partial charge in [0.1, 0.15) is 30.1 Å².